The Morgan fingerprint density at radius 3 is 2.50 bits per heavy atom. The highest BCUT2D eigenvalue weighted by Gasteiger charge is 2.15. The van der Waals surface area contributed by atoms with Crippen molar-refractivity contribution in [1.82, 2.24) is 9.55 Å². The molecule has 1 atom stereocenters. The van der Waals surface area contributed by atoms with Crippen molar-refractivity contribution < 1.29 is 0 Å². The molecule has 0 bridgehead atoms. The molecule has 1 aromatic heterocycles. The van der Waals surface area contributed by atoms with Crippen molar-refractivity contribution >= 4 is 17.3 Å². The van der Waals surface area contributed by atoms with Gasteiger partial charge in [0.05, 0.1) is 12.4 Å². The van der Waals surface area contributed by atoms with Gasteiger partial charge >= 0.3 is 0 Å². The molecule has 0 fully saturated rings. The molecular formula is C16H14ClN3. The maximum absolute atomic E-state index is 6.12. The normalized spacial score (nSPS) is 12.2. The summed E-state index contributed by atoms with van der Waals surface area (Å²) >= 11 is 6.12. The number of benzene rings is 2. The van der Waals surface area contributed by atoms with E-state index in [4.69, 9.17) is 17.3 Å². The van der Waals surface area contributed by atoms with Crippen LogP contribution in [0.2, 0.25) is 5.02 Å². The van der Waals surface area contributed by atoms with E-state index in [9.17, 15) is 0 Å². The number of rotatable bonds is 3. The van der Waals surface area contributed by atoms with Crippen molar-refractivity contribution in [3.63, 3.8) is 0 Å². The molecule has 20 heavy (non-hydrogen) atoms. The summed E-state index contributed by atoms with van der Waals surface area (Å²) in [7, 11) is 0. The molecule has 0 aliphatic rings. The van der Waals surface area contributed by atoms with Crippen LogP contribution in [0.3, 0.4) is 0 Å². The van der Waals surface area contributed by atoms with Crippen LogP contribution in [0.25, 0.3) is 0 Å². The van der Waals surface area contributed by atoms with E-state index in [2.05, 4.69) is 15.6 Å². The minimum absolute atomic E-state index is 0.0387. The van der Waals surface area contributed by atoms with E-state index < -0.39 is 0 Å². The molecular weight excluding hydrogens is 270 g/mol. The molecule has 1 unspecified atom stereocenters. The quantitative estimate of drug-likeness (QED) is 0.744. The van der Waals surface area contributed by atoms with Crippen LogP contribution in [0.15, 0.2) is 67.3 Å². The molecule has 0 saturated carbocycles. The number of anilines is 1. The van der Waals surface area contributed by atoms with Gasteiger partial charge in [0, 0.05) is 23.1 Å². The van der Waals surface area contributed by atoms with Crippen molar-refractivity contribution in [3.8, 4) is 0 Å². The van der Waals surface area contributed by atoms with Crippen LogP contribution in [-0.2, 0) is 0 Å². The predicted molar refractivity (Wildman–Crippen MR) is 81.8 cm³/mol. The number of hydrogen-bond donors (Lipinski definition) is 1. The predicted octanol–water partition coefficient (Wildman–Crippen LogP) is 3.76. The fourth-order valence-corrected chi connectivity index (χ4v) is 2.51. The Labute approximate surface area is 122 Å². The van der Waals surface area contributed by atoms with E-state index in [1.54, 1.807) is 6.20 Å². The van der Waals surface area contributed by atoms with Gasteiger partial charge in [0.1, 0.15) is 0 Å². The summed E-state index contributed by atoms with van der Waals surface area (Å²) in [6.07, 6.45) is 5.53. The van der Waals surface area contributed by atoms with E-state index in [1.165, 1.54) is 0 Å². The summed E-state index contributed by atoms with van der Waals surface area (Å²) in [4.78, 5) is 4.14. The third-order valence-electron chi connectivity index (χ3n) is 3.24. The molecule has 3 rings (SSSR count). The lowest BCUT2D eigenvalue weighted by Gasteiger charge is -2.20. The number of nitrogens with zero attached hydrogens (tertiary/aromatic N) is 2. The van der Waals surface area contributed by atoms with Crippen molar-refractivity contribution in [3.05, 3.63) is 83.4 Å². The summed E-state index contributed by atoms with van der Waals surface area (Å²) in [6.45, 7) is 0. The second-order valence-electron chi connectivity index (χ2n) is 4.63. The Bertz CT molecular complexity index is 690. The Balaban J connectivity index is 2.11. The van der Waals surface area contributed by atoms with E-state index in [0.29, 0.717) is 0 Å². The summed E-state index contributed by atoms with van der Waals surface area (Å²) in [5, 5.41) is 0.725. The van der Waals surface area contributed by atoms with Crippen LogP contribution in [0, 0.1) is 0 Å². The van der Waals surface area contributed by atoms with E-state index >= 15 is 0 Å². The van der Waals surface area contributed by atoms with Crippen LogP contribution < -0.4 is 5.73 Å². The number of aromatic nitrogens is 2. The van der Waals surface area contributed by atoms with Crippen LogP contribution in [0.4, 0.5) is 5.69 Å². The first-order valence-electron chi connectivity index (χ1n) is 6.32. The van der Waals surface area contributed by atoms with Gasteiger partial charge in [-0.1, -0.05) is 35.9 Å². The Kier molecular flexibility index (Phi) is 3.44. The van der Waals surface area contributed by atoms with Gasteiger partial charge in [-0.05, 0) is 35.4 Å². The van der Waals surface area contributed by atoms with Gasteiger partial charge in [-0.2, -0.15) is 0 Å². The minimum atomic E-state index is 0.0387. The molecule has 100 valence electrons. The van der Waals surface area contributed by atoms with Gasteiger partial charge in [-0.25, -0.2) is 4.98 Å². The molecule has 0 radical (unpaired) electrons. The molecule has 0 amide bonds. The first-order valence-corrected chi connectivity index (χ1v) is 6.70. The second-order valence-corrected chi connectivity index (χ2v) is 5.07. The highest BCUT2D eigenvalue weighted by Crippen LogP contribution is 2.28. The van der Waals surface area contributed by atoms with Crippen LogP contribution in [-0.4, -0.2) is 9.55 Å². The topological polar surface area (TPSA) is 43.8 Å². The van der Waals surface area contributed by atoms with Crippen molar-refractivity contribution in [2.24, 2.45) is 0 Å². The molecule has 2 N–H and O–H groups in total. The molecule has 0 saturated heterocycles. The molecule has 2 aromatic carbocycles. The van der Waals surface area contributed by atoms with Crippen LogP contribution in [0.5, 0.6) is 0 Å². The highest BCUT2D eigenvalue weighted by atomic mass is 35.5. The average molecular weight is 284 g/mol. The Morgan fingerprint density at radius 1 is 1.05 bits per heavy atom. The lowest BCUT2D eigenvalue weighted by molar-refractivity contribution is 0.677. The molecule has 0 spiro atoms. The van der Waals surface area contributed by atoms with E-state index in [1.807, 2.05) is 55.0 Å². The fraction of sp³-hybridized carbons (Fsp3) is 0.0625. The third kappa shape index (κ3) is 2.53. The molecule has 3 aromatic rings. The number of nitrogen functional groups attached to an aromatic ring is 1. The number of hydrogen-bond acceptors (Lipinski definition) is 2. The number of halogens is 1. The lowest BCUT2D eigenvalue weighted by Crippen LogP contribution is -2.10. The highest BCUT2D eigenvalue weighted by molar-refractivity contribution is 6.30. The summed E-state index contributed by atoms with van der Waals surface area (Å²) < 4.78 is 2.05. The van der Waals surface area contributed by atoms with Gasteiger partial charge in [0.15, 0.2) is 0 Å². The van der Waals surface area contributed by atoms with Gasteiger partial charge in [0.25, 0.3) is 0 Å². The molecule has 0 aliphatic heterocycles. The maximum atomic E-state index is 6.12. The third-order valence-corrected chi connectivity index (χ3v) is 3.47. The number of nitrogens with two attached hydrogens (primary N) is 1. The largest absolute Gasteiger partial charge is 0.399 e. The Morgan fingerprint density at radius 2 is 1.85 bits per heavy atom. The smallest absolute Gasteiger partial charge is 0.0954 e. The van der Waals surface area contributed by atoms with Crippen LogP contribution in [0.1, 0.15) is 17.2 Å². The van der Waals surface area contributed by atoms with Crippen LogP contribution >= 0.6 is 11.6 Å². The summed E-state index contributed by atoms with van der Waals surface area (Å²) in [5.74, 6) is 0. The van der Waals surface area contributed by atoms with Gasteiger partial charge in [-0.3, -0.25) is 0 Å². The van der Waals surface area contributed by atoms with Crippen molar-refractivity contribution in [2.75, 3.05) is 5.73 Å². The standard InChI is InChI=1S/C16H14ClN3/c17-14-3-1-2-13(10-14)16(20-9-8-19-11-20)12-4-6-15(18)7-5-12/h1-11,16H,18H2. The zero-order valence-electron chi connectivity index (χ0n) is 10.8. The average Bonchev–Trinajstić information content (AvgIpc) is 2.95. The molecule has 1 heterocycles. The minimum Gasteiger partial charge on any atom is -0.399 e. The van der Waals surface area contributed by atoms with Crippen molar-refractivity contribution in [1.29, 1.82) is 0 Å². The summed E-state index contributed by atoms with van der Waals surface area (Å²) in [6, 6.07) is 15.8. The van der Waals surface area contributed by atoms with Gasteiger partial charge in [0.2, 0.25) is 0 Å². The first kappa shape index (κ1) is 12.8. The molecule has 4 heteroatoms. The molecule has 3 nitrogen and oxygen atoms in total. The fourth-order valence-electron chi connectivity index (χ4n) is 2.31. The van der Waals surface area contributed by atoms with E-state index in [-0.39, 0.29) is 6.04 Å². The number of imidazole rings is 1. The summed E-state index contributed by atoms with van der Waals surface area (Å²) in [5.41, 5.74) is 8.77. The Hall–Kier alpha value is -2.26. The zero-order chi connectivity index (χ0) is 13.9. The molecule has 0 aliphatic carbocycles. The maximum Gasteiger partial charge on any atom is 0.0954 e. The SMILES string of the molecule is Nc1ccc(C(c2cccc(Cl)c2)n2ccnc2)cc1. The second kappa shape index (κ2) is 5.39. The van der Waals surface area contributed by atoms with Crippen molar-refractivity contribution in [2.45, 2.75) is 6.04 Å². The first-order chi connectivity index (χ1) is 9.74. The van der Waals surface area contributed by atoms with Gasteiger partial charge in [-0.15, -0.1) is 0 Å². The zero-order valence-corrected chi connectivity index (χ0v) is 11.5. The monoisotopic (exact) mass is 283 g/mol. The van der Waals surface area contributed by atoms with Gasteiger partial charge < -0.3 is 10.3 Å². The van der Waals surface area contributed by atoms with E-state index in [0.717, 1.165) is 21.8 Å². The lowest BCUT2D eigenvalue weighted by atomic mass is 9.98.